The Morgan fingerprint density at radius 3 is 2.48 bits per heavy atom. The minimum absolute atomic E-state index is 0.519. The number of fused-ring (bicyclic) bond motifs is 1. The van der Waals surface area contributed by atoms with E-state index in [9.17, 15) is 0 Å². The van der Waals surface area contributed by atoms with Crippen molar-refractivity contribution in [3.8, 4) is 5.69 Å². The van der Waals surface area contributed by atoms with Crippen LogP contribution in [0.25, 0.3) is 16.7 Å². The molecule has 0 spiro atoms. The maximum Gasteiger partial charge on any atom is 0.203 e. The smallest absolute Gasteiger partial charge is 0.203 e. The van der Waals surface area contributed by atoms with Crippen LogP contribution in [0.1, 0.15) is 11.4 Å². The lowest BCUT2D eigenvalue weighted by Gasteiger charge is -2.16. The summed E-state index contributed by atoms with van der Waals surface area (Å²) in [6.07, 6.45) is 1.84. The summed E-state index contributed by atoms with van der Waals surface area (Å²) in [6.45, 7) is 1.87. The molecule has 0 radical (unpaired) electrons. The third-order valence-electron chi connectivity index (χ3n) is 5.51. The Balaban J connectivity index is 1.53. The van der Waals surface area contributed by atoms with Crippen molar-refractivity contribution in [2.24, 2.45) is 0 Å². The van der Waals surface area contributed by atoms with E-state index >= 15 is 0 Å². The topological polar surface area (TPSA) is 43.8 Å². The van der Waals surface area contributed by atoms with E-state index in [2.05, 4.69) is 51.8 Å². The molecule has 0 atom stereocenters. The zero-order chi connectivity index (χ0) is 22.8. The molecule has 0 aliphatic rings. The number of hydrogen-bond donors (Lipinski definition) is 0. The minimum Gasteiger partial charge on any atom is -0.323 e. The van der Waals surface area contributed by atoms with E-state index < -0.39 is 0 Å². The molecule has 2 heterocycles. The van der Waals surface area contributed by atoms with Gasteiger partial charge < -0.3 is 4.57 Å². The van der Waals surface area contributed by atoms with Gasteiger partial charge in [-0.1, -0.05) is 66.2 Å². The summed E-state index contributed by atoms with van der Waals surface area (Å²) in [5.41, 5.74) is 4.05. The Morgan fingerprint density at radius 1 is 0.939 bits per heavy atom. The number of imidazole rings is 1. The lowest BCUT2D eigenvalue weighted by molar-refractivity contribution is 0.243. The second kappa shape index (κ2) is 9.31. The molecule has 33 heavy (non-hydrogen) atoms. The molecule has 166 valence electrons. The van der Waals surface area contributed by atoms with Gasteiger partial charge in [-0.3, -0.25) is 9.47 Å². The molecule has 0 aliphatic heterocycles. The number of halogens is 1. The van der Waals surface area contributed by atoms with E-state index in [4.69, 9.17) is 28.9 Å². The molecule has 6 nitrogen and oxygen atoms in total. The van der Waals surface area contributed by atoms with Crippen molar-refractivity contribution in [3.63, 3.8) is 0 Å². The molecule has 0 N–H and O–H groups in total. The number of rotatable bonds is 7. The fraction of sp³-hybridized carbons (Fsp3) is 0.160. The molecule has 8 heteroatoms. The first-order valence-corrected chi connectivity index (χ1v) is 11.4. The summed E-state index contributed by atoms with van der Waals surface area (Å²) in [7, 11) is 2.06. The lowest BCUT2D eigenvalue weighted by Crippen LogP contribution is -2.22. The first kappa shape index (κ1) is 21.6. The second-order valence-electron chi connectivity index (χ2n) is 7.99. The Bertz CT molecular complexity index is 1450. The first-order valence-electron chi connectivity index (χ1n) is 10.7. The van der Waals surface area contributed by atoms with Crippen LogP contribution < -0.4 is 0 Å². The number of nitrogens with zero attached hydrogens (tertiary/aromatic N) is 6. The largest absolute Gasteiger partial charge is 0.323 e. The average Bonchev–Trinajstić information content (AvgIpc) is 3.36. The molecular formula is C25H23ClN6S. The summed E-state index contributed by atoms with van der Waals surface area (Å²) in [4.78, 5) is 6.70. The van der Waals surface area contributed by atoms with Gasteiger partial charge in [0.2, 0.25) is 4.77 Å². The SMILES string of the molecule is CN(Cc1ccccc1)Cn1nc(Cn2cnc3ccccc32)n(-c2ccccc2Cl)c1=S. The third-order valence-corrected chi connectivity index (χ3v) is 6.22. The molecule has 0 bridgehead atoms. The molecular weight excluding hydrogens is 452 g/mol. The maximum absolute atomic E-state index is 6.57. The number of hydrogen-bond acceptors (Lipinski definition) is 4. The summed E-state index contributed by atoms with van der Waals surface area (Å²) < 4.78 is 6.50. The summed E-state index contributed by atoms with van der Waals surface area (Å²) in [5, 5.41) is 5.54. The molecule has 0 amide bonds. The van der Waals surface area contributed by atoms with Gasteiger partial charge in [-0.2, -0.15) is 5.10 Å². The van der Waals surface area contributed by atoms with Crippen molar-refractivity contribution in [2.45, 2.75) is 19.8 Å². The van der Waals surface area contributed by atoms with Crippen molar-refractivity contribution in [3.05, 3.63) is 106 Å². The van der Waals surface area contributed by atoms with Gasteiger partial charge in [0.25, 0.3) is 0 Å². The van der Waals surface area contributed by atoms with Crippen molar-refractivity contribution in [2.75, 3.05) is 7.05 Å². The monoisotopic (exact) mass is 474 g/mol. The predicted molar refractivity (Wildman–Crippen MR) is 134 cm³/mol. The highest BCUT2D eigenvalue weighted by atomic mass is 35.5. The van der Waals surface area contributed by atoms with Gasteiger partial charge in [-0.15, -0.1) is 0 Å². The first-order chi connectivity index (χ1) is 16.1. The third kappa shape index (κ3) is 4.48. The fourth-order valence-corrected chi connectivity index (χ4v) is 4.51. The van der Waals surface area contributed by atoms with E-state index in [1.807, 2.05) is 64.1 Å². The summed E-state index contributed by atoms with van der Waals surface area (Å²) in [5.74, 6) is 0.796. The lowest BCUT2D eigenvalue weighted by atomic mass is 10.2. The molecule has 0 saturated heterocycles. The van der Waals surface area contributed by atoms with Gasteiger partial charge in [0, 0.05) is 6.54 Å². The highest BCUT2D eigenvalue weighted by molar-refractivity contribution is 7.71. The van der Waals surface area contributed by atoms with Crippen LogP contribution in [0.3, 0.4) is 0 Å². The average molecular weight is 475 g/mol. The number of benzene rings is 3. The standard InChI is InChI=1S/C25H23ClN6S/c1-29(15-19-9-3-2-4-10-19)18-31-25(33)32(22-13-7-5-11-20(22)26)24(28-31)16-30-17-27-21-12-6-8-14-23(21)30/h2-14,17H,15-16,18H2,1H3. The van der Waals surface area contributed by atoms with Crippen LogP contribution in [0, 0.1) is 4.77 Å². The van der Waals surface area contributed by atoms with Gasteiger partial charge in [-0.05, 0) is 49.1 Å². The molecule has 0 unspecified atom stereocenters. The summed E-state index contributed by atoms with van der Waals surface area (Å²) in [6, 6.07) is 26.1. The second-order valence-corrected chi connectivity index (χ2v) is 8.76. The van der Waals surface area contributed by atoms with Crippen molar-refractivity contribution in [1.82, 2.24) is 28.8 Å². The van der Waals surface area contributed by atoms with Gasteiger partial charge >= 0.3 is 0 Å². The normalized spacial score (nSPS) is 11.5. The maximum atomic E-state index is 6.57. The fourth-order valence-electron chi connectivity index (χ4n) is 3.98. The van der Waals surface area contributed by atoms with E-state index in [1.165, 1.54) is 5.56 Å². The quantitative estimate of drug-likeness (QED) is 0.290. The van der Waals surface area contributed by atoms with E-state index in [0.717, 1.165) is 29.1 Å². The van der Waals surface area contributed by atoms with Crippen molar-refractivity contribution >= 4 is 34.9 Å². The zero-order valence-corrected chi connectivity index (χ0v) is 19.7. The number of aromatic nitrogens is 5. The highest BCUT2D eigenvalue weighted by Crippen LogP contribution is 2.23. The van der Waals surface area contributed by atoms with Crippen LogP contribution in [0.4, 0.5) is 0 Å². The molecule has 0 fully saturated rings. The molecule has 5 aromatic rings. The number of para-hydroxylation sites is 3. The molecule has 5 rings (SSSR count). The van der Waals surface area contributed by atoms with Crippen LogP contribution >= 0.6 is 23.8 Å². The van der Waals surface area contributed by atoms with Gasteiger partial charge in [-0.25, -0.2) is 9.67 Å². The van der Waals surface area contributed by atoms with Gasteiger partial charge in [0.1, 0.15) is 0 Å². The van der Waals surface area contributed by atoms with Gasteiger partial charge in [0.05, 0.1) is 41.3 Å². The van der Waals surface area contributed by atoms with E-state index in [1.54, 1.807) is 0 Å². The Morgan fingerprint density at radius 2 is 1.67 bits per heavy atom. The molecule has 0 aliphatic carbocycles. The Hall–Kier alpha value is -3.26. The molecule has 3 aromatic carbocycles. The van der Waals surface area contributed by atoms with Crippen molar-refractivity contribution < 1.29 is 0 Å². The highest BCUT2D eigenvalue weighted by Gasteiger charge is 2.17. The Labute approximate surface area is 202 Å². The Kier molecular flexibility index (Phi) is 6.09. The molecule has 0 saturated carbocycles. The van der Waals surface area contributed by atoms with Crippen LogP contribution in [0.15, 0.2) is 85.2 Å². The van der Waals surface area contributed by atoms with Crippen LogP contribution in [-0.4, -0.2) is 35.8 Å². The zero-order valence-electron chi connectivity index (χ0n) is 18.2. The predicted octanol–water partition coefficient (Wildman–Crippen LogP) is 5.54. The van der Waals surface area contributed by atoms with Gasteiger partial charge in [0.15, 0.2) is 5.82 Å². The minimum atomic E-state index is 0.519. The van der Waals surface area contributed by atoms with E-state index in [0.29, 0.717) is 23.0 Å². The summed E-state index contributed by atoms with van der Waals surface area (Å²) >= 11 is 12.5. The van der Waals surface area contributed by atoms with Crippen molar-refractivity contribution in [1.29, 1.82) is 0 Å². The van der Waals surface area contributed by atoms with Crippen LogP contribution in [-0.2, 0) is 19.8 Å². The van der Waals surface area contributed by atoms with E-state index in [-0.39, 0.29) is 0 Å². The molecule has 2 aromatic heterocycles. The van der Waals surface area contributed by atoms with Crippen LogP contribution in [0.2, 0.25) is 5.02 Å². The van der Waals surface area contributed by atoms with Crippen LogP contribution in [0.5, 0.6) is 0 Å².